The van der Waals surface area contributed by atoms with Crippen molar-refractivity contribution in [3.8, 4) is 0 Å². The fourth-order valence-electron chi connectivity index (χ4n) is 10.8. The fraction of sp³-hybridized carbons (Fsp3) is 0.900. The Morgan fingerprint density at radius 1 is 0.625 bits per heavy atom. The number of hydrogen-bond donors (Lipinski definition) is 0. The lowest BCUT2D eigenvalue weighted by Crippen LogP contribution is -2.46. The summed E-state index contributed by atoms with van der Waals surface area (Å²) in [5, 5.41) is 0. The third kappa shape index (κ3) is 0.851. The Balaban J connectivity index is 1.47. The molecule has 6 saturated carbocycles. The Bertz CT molecular complexity index is 660. The van der Waals surface area contributed by atoms with E-state index in [1.807, 2.05) is 0 Å². The number of ether oxygens (including phenoxy) is 2. The highest BCUT2D eigenvalue weighted by Crippen LogP contribution is 2.85. The summed E-state index contributed by atoms with van der Waals surface area (Å²) in [5.41, 5.74) is -1.01. The lowest BCUT2D eigenvalue weighted by Gasteiger charge is -2.35. The normalized spacial score (nSPS) is 76.8. The minimum absolute atomic E-state index is 0.273. The minimum Gasteiger partial charge on any atom is -0.363 e. The topological polar surface area (TPSA) is 52.6 Å². The van der Waals surface area contributed by atoms with Gasteiger partial charge in [-0.15, -0.1) is 0 Å². The molecule has 8 aliphatic rings. The van der Waals surface area contributed by atoms with Gasteiger partial charge < -0.3 is 19.1 Å². The summed E-state index contributed by atoms with van der Waals surface area (Å²) in [7, 11) is 0. The zero-order valence-electron chi connectivity index (χ0n) is 13.5. The van der Waals surface area contributed by atoms with Crippen LogP contribution in [0.25, 0.3) is 0 Å². The average molecular weight is 326 g/mol. The van der Waals surface area contributed by atoms with E-state index in [1.54, 1.807) is 0 Å². The second-order valence-corrected chi connectivity index (χ2v) is 10.2. The second kappa shape index (κ2) is 3.29. The van der Waals surface area contributed by atoms with Gasteiger partial charge in [-0.05, 0) is 61.2 Å². The highest BCUT2D eigenvalue weighted by atomic mass is 16.5. The first-order chi connectivity index (χ1) is 11.8. The van der Waals surface area contributed by atoms with Gasteiger partial charge in [0.2, 0.25) is 0 Å². The van der Waals surface area contributed by atoms with E-state index in [1.165, 1.54) is 25.4 Å². The van der Waals surface area contributed by atoms with Crippen molar-refractivity contribution in [2.45, 2.75) is 49.1 Å². The van der Waals surface area contributed by atoms with E-state index in [4.69, 9.17) is 9.47 Å². The molecular weight excluding hydrogens is 304 g/mol. The van der Waals surface area contributed by atoms with Gasteiger partial charge in [-0.25, -0.2) is 0 Å². The number of hydrogen-bond acceptors (Lipinski definition) is 4. The molecule has 0 spiro atoms. The summed E-state index contributed by atoms with van der Waals surface area (Å²) in [6, 6.07) is 0. The van der Waals surface area contributed by atoms with Crippen molar-refractivity contribution in [1.82, 2.24) is 0 Å². The first-order valence-corrected chi connectivity index (χ1v) is 10.0. The van der Waals surface area contributed by atoms with Gasteiger partial charge in [0.15, 0.2) is 12.6 Å². The predicted octanol–water partition coefficient (Wildman–Crippen LogP) is 1.46. The Labute approximate surface area is 140 Å². The largest absolute Gasteiger partial charge is 0.363 e. The lowest BCUT2D eigenvalue weighted by molar-refractivity contribution is -0.150. The molecule has 8 rings (SSSR count). The van der Waals surface area contributed by atoms with Crippen molar-refractivity contribution < 1.29 is 19.1 Å². The summed E-state index contributed by atoms with van der Waals surface area (Å²) in [6.45, 7) is 0. The van der Waals surface area contributed by atoms with Gasteiger partial charge in [0.05, 0.1) is 12.2 Å². The van der Waals surface area contributed by atoms with Gasteiger partial charge in [0.25, 0.3) is 0 Å². The lowest BCUT2D eigenvalue weighted by atomic mass is 9.72. The average Bonchev–Trinajstić information content (AvgIpc) is 3.36. The van der Waals surface area contributed by atoms with E-state index in [0.29, 0.717) is 59.2 Å². The van der Waals surface area contributed by atoms with Gasteiger partial charge >= 0.3 is 0 Å². The highest BCUT2D eigenvalue weighted by molar-refractivity contribution is 5.73. The van der Waals surface area contributed by atoms with Crippen LogP contribution in [0, 0.1) is 59.2 Å². The molecule has 24 heavy (non-hydrogen) atoms. The van der Waals surface area contributed by atoms with Gasteiger partial charge in [-0.3, -0.25) is 0 Å². The van der Waals surface area contributed by atoms with Gasteiger partial charge in [0.1, 0.15) is 11.2 Å². The van der Waals surface area contributed by atoms with Crippen molar-refractivity contribution in [3.63, 3.8) is 0 Å². The number of fused-ring (bicyclic) bond motifs is 4. The van der Waals surface area contributed by atoms with Crippen molar-refractivity contribution in [2.24, 2.45) is 59.2 Å². The maximum absolute atomic E-state index is 12.5. The van der Waals surface area contributed by atoms with Crippen LogP contribution < -0.4 is 0 Å². The molecule has 8 fully saturated rings. The van der Waals surface area contributed by atoms with E-state index in [2.05, 4.69) is 0 Å². The Morgan fingerprint density at radius 2 is 1.08 bits per heavy atom. The van der Waals surface area contributed by atoms with Gasteiger partial charge in [-0.1, -0.05) is 0 Å². The maximum Gasteiger partial charge on any atom is 0.152 e. The molecule has 2 saturated heterocycles. The Hall–Kier alpha value is -0.740. The number of rotatable bonds is 2. The number of carbonyl (C=O) groups is 2. The SMILES string of the molecule is O=C[C@]12O[C@H]3CC[C@H]4[C@@H]3[C@@H]1[C@@H]1[C@H]3[C@H]5[C@@H]6[C@@H](CC[C@@H]6O[C@@]5(C=O)[C@@H]41)[C@H]32. The van der Waals surface area contributed by atoms with Crippen molar-refractivity contribution in [1.29, 1.82) is 0 Å². The fourth-order valence-corrected chi connectivity index (χ4v) is 10.8. The van der Waals surface area contributed by atoms with Crippen LogP contribution in [0.4, 0.5) is 0 Å². The number of aldehydes is 2. The molecule has 0 radical (unpaired) electrons. The number of carbonyl (C=O) groups excluding carboxylic acids is 2. The molecule has 0 unspecified atom stereocenters. The molecule has 6 aliphatic carbocycles. The van der Waals surface area contributed by atoms with Crippen molar-refractivity contribution in [3.05, 3.63) is 0 Å². The van der Waals surface area contributed by atoms with Crippen LogP contribution in [-0.2, 0) is 19.1 Å². The summed E-state index contributed by atoms with van der Waals surface area (Å²) in [5.74, 6) is 4.72. The van der Waals surface area contributed by atoms with Crippen LogP contribution in [0.3, 0.4) is 0 Å². The Morgan fingerprint density at radius 3 is 1.50 bits per heavy atom. The molecule has 14 atom stereocenters. The second-order valence-electron chi connectivity index (χ2n) is 10.2. The van der Waals surface area contributed by atoms with Gasteiger partial charge in [0, 0.05) is 23.7 Å². The van der Waals surface area contributed by atoms with E-state index >= 15 is 0 Å². The maximum atomic E-state index is 12.5. The third-order valence-electron chi connectivity index (χ3n) is 10.4. The van der Waals surface area contributed by atoms with Crippen LogP contribution in [0.1, 0.15) is 25.7 Å². The van der Waals surface area contributed by atoms with Crippen molar-refractivity contribution in [2.75, 3.05) is 0 Å². The molecule has 0 aromatic carbocycles. The smallest absolute Gasteiger partial charge is 0.152 e. The van der Waals surface area contributed by atoms with E-state index in [-0.39, 0.29) is 12.2 Å². The molecule has 4 nitrogen and oxygen atoms in total. The van der Waals surface area contributed by atoms with Crippen LogP contribution in [-0.4, -0.2) is 36.0 Å². The molecule has 2 aliphatic heterocycles. The van der Waals surface area contributed by atoms with Crippen LogP contribution in [0.5, 0.6) is 0 Å². The van der Waals surface area contributed by atoms with Crippen LogP contribution in [0.2, 0.25) is 0 Å². The van der Waals surface area contributed by atoms with Crippen LogP contribution >= 0.6 is 0 Å². The minimum atomic E-state index is -0.503. The standard InChI is InChI=1S/C20H22O4/c21-5-19-15-7-1-3-9-11(7)17-13(15)14-16(20(17,6-22)23-9)8-2-4-10(24-19)12(8)18(14)19/h5-18H,1-4H2/t7-,8+,9-,10-,11-,12+,13+,14+,15-,16+,17+,18+,19-,20+/m0/s1. The monoisotopic (exact) mass is 326 g/mol. The summed E-state index contributed by atoms with van der Waals surface area (Å²) >= 11 is 0. The first kappa shape index (κ1) is 12.6. The Kier molecular flexibility index (Phi) is 1.73. The molecular formula is C20H22O4. The predicted molar refractivity (Wildman–Crippen MR) is 80.7 cm³/mol. The van der Waals surface area contributed by atoms with Crippen molar-refractivity contribution >= 4 is 12.6 Å². The molecule has 0 bridgehead atoms. The van der Waals surface area contributed by atoms with E-state index in [9.17, 15) is 9.59 Å². The zero-order chi connectivity index (χ0) is 15.6. The van der Waals surface area contributed by atoms with Gasteiger partial charge in [-0.2, -0.15) is 0 Å². The van der Waals surface area contributed by atoms with E-state index in [0.717, 1.165) is 12.8 Å². The summed E-state index contributed by atoms with van der Waals surface area (Å²) < 4.78 is 13.3. The summed E-state index contributed by atoms with van der Waals surface area (Å²) in [4.78, 5) is 24.9. The zero-order valence-corrected chi connectivity index (χ0v) is 13.5. The molecule has 0 aromatic heterocycles. The molecule has 4 heteroatoms. The summed E-state index contributed by atoms with van der Waals surface area (Å²) in [6.07, 6.45) is 7.52. The molecule has 0 amide bonds. The third-order valence-corrected chi connectivity index (χ3v) is 10.4. The highest BCUT2D eigenvalue weighted by Gasteiger charge is 2.90. The molecule has 126 valence electrons. The molecule has 0 N–H and O–H groups in total. The molecule has 0 aromatic rings. The molecule has 2 heterocycles. The van der Waals surface area contributed by atoms with E-state index < -0.39 is 11.2 Å². The quantitative estimate of drug-likeness (QED) is 0.721. The first-order valence-electron chi connectivity index (χ1n) is 10.0. The van der Waals surface area contributed by atoms with Crippen LogP contribution in [0.15, 0.2) is 0 Å².